The number of aliphatic carboxylic acids is 1. The summed E-state index contributed by atoms with van der Waals surface area (Å²) < 4.78 is 3.64. The number of carbonyl (C=O) groups excluding carboxylic acids is 3. The maximum atomic E-state index is 13.5. The number of aromatic nitrogens is 3. The molecule has 2 aliphatic heterocycles. The second-order valence-electron chi connectivity index (χ2n) is 9.78. The molecular weight excluding hydrogens is 504 g/mol. The molecule has 3 aromatic heterocycles. The number of hydrogen-bond donors (Lipinski definition) is 1. The first-order valence-corrected chi connectivity index (χ1v) is 13.1. The minimum Gasteiger partial charge on any atom is -0.543 e. The summed E-state index contributed by atoms with van der Waals surface area (Å²) in [6, 6.07) is 13.0. The number of amides is 1. The van der Waals surface area contributed by atoms with Gasteiger partial charge in [0.1, 0.15) is 16.9 Å². The van der Waals surface area contributed by atoms with Crippen molar-refractivity contribution in [2.45, 2.75) is 32.5 Å². The lowest BCUT2D eigenvalue weighted by Gasteiger charge is -2.47. The maximum Gasteiger partial charge on any atom is 0.235 e. The zero-order valence-corrected chi connectivity index (χ0v) is 21.5. The third-order valence-electron chi connectivity index (χ3n) is 7.39. The normalized spacial score (nSPS) is 21.5. The Morgan fingerprint density at radius 1 is 1.21 bits per heavy atom. The molecule has 9 nitrogen and oxygen atoms in total. The van der Waals surface area contributed by atoms with Crippen molar-refractivity contribution in [1.82, 2.24) is 14.3 Å². The molecule has 0 spiro atoms. The summed E-state index contributed by atoms with van der Waals surface area (Å²) in [5.41, 5.74) is 2.16. The van der Waals surface area contributed by atoms with Gasteiger partial charge >= 0.3 is 0 Å². The first-order valence-electron chi connectivity index (χ1n) is 12.3. The number of fused-ring (bicyclic) bond motifs is 2. The molecule has 192 valence electrons. The van der Waals surface area contributed by atoms with Crippen molar-refractivity contribution in [1.29, 1.82) is 0 Å². The number of benzene rings is 1. The number of carboxylic acid groups (broad SMARTS) is 1. The van der Waals surface area contributed by atoms with Gasteiger partial charge in [0.25, 0.3) is 0 Å². The second kappa shape index (κ2) is 9.00. The van der Waals surface area contributed by atoms with Crippen LogP contribution >= 0.6 is 11.3 Å². The van der Waals surface area contributed by atoms with Crippen LogP contribution in [0.1, 0.15) is 40.3 Å². The SMILES string of the molecule is C[C@@H](O)[C@H]1C(=O)N2C(C(=O)[O-])=C(c3cn4cnc(C(=O)c5ccc[n+](Cc6ccccc6)c5)c4s3)[C@H](C)[C@H]12. The molecule has 0 unspecified atom stereocenters. The summed E-state index contributed by atoms with van der Waals surface area (Å²) in [7, 11) is 0. The van der Waals surface area contributed by atoms with Crippen LogP contribution in [-0.4, -0.2) is 49.2 Å². The lowest BCUT2D eigenvalue weighted by atomic mass is 9.77. The van der Waals surface area contributed by atoms with E-state index in [-0.39, 0.29) is 23.1 Å². The van der Waals surface area contributed by atoms with Crippen molar-refractivity contribution >= 4 is 39.4 Å². The number of β-lactam (4-membered cyclic amide) rings is 1. The van der Waals surface area contributed by atoms with Gasteiger partial charge in [0, 0.05) is 29.3 Å². The van der Waals surface area contributed by atoms with E-state index in [1.54, 1.807) is 22.9 Å². The van der Waals surface area contributed by atoms with Crippen LogP contribution in [-0.2, 0) is 16.1 Å². The van der Waals surface area contributed by atoms with Crippen LogP contribution < -0.4 is 9.67 Å². The average Bonchev–Trinajstić information content (AvgIpc) is 3.54. The van der Waals surface area contributed by atoms with E-state index in [4.69, 9.17) is 0 Å². The summed E-state index contributed by atoms with van der Waals surface area (Å²) in [5.74, 6) is -3.10. The number of thiazole rings is 1. The molecular formula is C28H24N4O5S. The molecule has 10 heteroatoms. The van der Waals surface area contributed by atoms with Gasteiger partial charge in [-0.1, -0.05) is 37.3 Å². The molecule has 4 aromatic rings. The van der Waals surface area contributed by atoms with Gasteiger partial charge in [-0.25, -0.2) is 9.55 Å². The minimum absolute atomic E-state index is 0.167. The van der Waals surface area contributed by atoms with Gasteiger partial charge in [-0.2, -0.15) is 0 Å². The number of imidazole rings is 1. The molecule has 1 amide bonds. The van der Waals surface area contributed by atoms with Gasteiger partial charge in [-0.05, 0) is 13.0 Å². The Morgan fingerprint density at radius 2 is 1.97 bits per heavy atom. The Morgan fingerprint density at radius 3 is 2.68 bits per heavy atom. The topological polar surface area (TPSA) is 119 Å². The van der Waals surface area contributed by atoms with Crippen LogP contribution in [0.25, 0.3) is 10.4 Å². The third kappa shape index (κ3) is 3.67. The van der Waals surface area contributed by atoms with Gasteiger partial charge in [0.15, 0.2) is 18.9 Å². The van der Waals surface area contributed by atoms with Crippen molar-refractivity contribution < 1.29 is 29.2 Å². The van der Waals surface area contributed by atoms with E-state index in [2.05, 4.69) is 4.98 Å². The summed E-state index contributed by atoms with van der Waals surface area (Å²) in [6.07, 6.45) is 6.05. The number of carbonyl (C=O) groups is 3. The predicted molar refractivity (Wildman–Crippen MR) is 136 cm³/mol. The van der Waals surface area contributed by atoms with E-state index in [1.165, 1.54) is 29.5 Å². The van der Waals surface area contributed by atoms with Crippen molar-refractivity contribution in [2.24, 2.45) is 11.8 Å². The van der Waals surface area contributed by atoms with Crippen molar-refractivity contribution in [3.63, 3.8) is 0 Å². The summed E-state index contributed by atoms with van der Waals surface area (Å²) >= 11 is 1.25. The summed E-state index contributed by atoms with van der Waals surface area (Å²) in [4.78, 5) is 45.1. The first kappa shape index (κ1) is 24.2. The molecule has 6 rings (SSSR count). The molecule has 0 saturated carbocycles. The second-order valence-corrected chi connectivity index (χ2v) is 10.8. The van der Waals surface area contributed by atoms with Crippen LogP contribution in [0.3, 0.4) is 0 Å². The van der Waals surface area contributed by atoms with Gasteiger partial charge < -0.3 is 19.9 Å². The van der Waals surface area contributed by atoms with Crippen molar-refractivity contribution in [3.8, 4) is 0 Å². The average molecular weight is 529 g/mol. The van der Waals surface area contributed by atoms with E-state index < -0.39 is 29.9 Å². The number of carboxylic acids is 1. The summed E-state index contributed by atoms with van der Waals surface area (Å²) in [5, 5.41) is 22.2. The number of aliphatic hydroxyl groups excluding tert-OH is 1. The number of ketones is 1. The zero-order valence-electron chi connectivity index (χ0n) is 20.6. The molecule has 0 aliphatic carbocycles. The maximum absolute atomic E-state index is 13.5. The Kier molecular flexibility index (Phi) is 5.73. The Bertz CT molecular complexity index is 1640. The zero-order chi connectivity index (χ0) is 26.7. The number of hydrogen-bond acceptors (Lipinski definition) is 7. The highest BCUT2D eigenvalue weighted by Gasteiger charge is 2.58. The largest absolute Gasteiger partial charge is 0.543 e. The van der Waals surface area contributed by atoms with Gasteiger partial charge in [-0.15, -0.1) is 11.3 Å². The molecule has 1 saturated heterocycles. The fourth-order valence-corrected chi connectivity index (χ4v) is 6.86. The lowest BCUT2D eigenvalue weighted by Crippen LogP contribution is -2.64. The molecule has 2 aliphatic rings. The molecule has 1 N–H and O–H groups in total. The number of pyridine rings is 1. The van der Waals surface area contributed by atoms with Crippen molar-refractivity contribution in [2.75, 3.05) is 0 Å². The fourth-order valence-electron chi connectivity index (χ4n) is 5.65. The van der Waals surface area contributed by atoms with Crippen molar-refractivity contribution in [3.05, 3.63) is 94.8 Å². The van der Waals surface area contributed by atoms with Crippen LogP contribution in [0.5, 0.6) is 0 Å². The molecule has 0 bridgehead atoms. The highest BCUT2D eigenvalue weighted by molar-refractivity contribution is 7.18. The molecule has 4 atom stereocenters. The summed E-state index contributed by atoms with van der Waals surface area (Å²) in [6.45, 7) is 4.00. The fraction of sp³-hybridized carbons (Fsp3) is 0.250. The standard InChI is InChI=1S/C28H24N4O5S/c1-15-20(24(28(36)37)32-23(15)21(16(2)33)26(32)35)19-13-31-14-29-22(27(31)38-19)25(34)18-9-6-10-30(12-18)11-17-7-4-3-5-8-17/h3-10,12-16,21,23,33H,11H2,1-2H3/t15-,16+,21+,23+/m0/s1. The Hall–Kier alpha value is -4.15. The van der Waals surface area contributed by atoms with E-state index in [0.717, 1.165) is 5.56 Å². The van der Waals surface area contributed by atoms with Crippen LogP contribution in [0.4, 0.5) is 0 Å². The molecule has 0 radical (unpaired) electrons. The molecule has 1 aromatic carbocycles. The minimum atomic E-state index is -1.44. The van der Waals surface area contributed by atoms with E-state index in [0.29, 0.717) is 27.4 Å². The van der Waals surface area contributed by atoms with Gasteiger partial charge in [0.2, 0.25) is 11.7 Å². The quantitative estimate of drug-likeness (QED) is 0.219. The highest BCUT2D eigenvalue weighted by Crippen LogP contribution is 2.51. The smallest absolute Gasteiger partial charge is 0.235 e. The van der Waals surface area contributed by atoms with Crippen LogP contribution in [0.15, 0.2) is 73.1 Å². The molecule has 1 fully saturated rings. The predicted octanol–water partition coefficient (Wildman–Crippen LogP) is 1.28. The van der Waals surface area contributed by atoms with E-state index >= 15 is 0 Å². The number of aliphatic hydroxyl groups is 1. The van der Waals surface area contributed by atoms with Crippen LogP contribution in [0, 0.1) is 11.8 Å². The van der Waals surface area contributed by atoms with Gasteiger partial charge in [-0.3, -0.25) is 14.0 Å². The number of rotatable bonds is 7. The van der Waals surface area contributed by atoms with Gasteiger partial charge in [0.05, 0.1) is 40.2 Å². The van der Waals surface area contributed by atoms with E-state index in [1.807, 2.05) is 54.1 Å². The Balaban J connectivity index is 1.35. The molecule has 38 heavy (non-hydrogen) atoms. The first-order chi connectivity index (χ1) is 18.3. The molecule has 5 heterocycles. The highest BCUT2D eigenvalue weighted by atomic mass is 32.1. The lowest BCUT2D eigenvalue weighted by molar-refractivity contribution is -0.688. The van der Waals surface area contributed by atoms with Crippen LogP contribution in [0.2, 0.25) is 0 Å². The number of nitrogens with zero attached hydrogens (tertiary/aromatic N) is 4. The Labute approximate surface area is 221 Å². The monoisotopic (exact) mass is 528 g/mol. The third-order valence-corrected chi connectivity index (χ3v) is 8.53. The van der Waals surface area contributed by atoms with E-state index in [9.17, 15) is 24.6 Å².